The van der Waals surface area contributed by atoms with Crippen molar-refractivity contribution < 1.29 is 14.1 Å². The van der Waals surface area contributed by atoms with Gasteiger partial charge in [0.15, 0.2) is 11.0 Å². The number of anilines is 1. The summed E-state index contributed by atoms with van der Waals surface area (Å²) in [5.74, 6) is 2.07. The summed E-state index contributed by atoms with van der Waals surface area (Å²) in [5, 5.41) is 8.19. The summed E-state index contributed by atoms with van der Waals surface area (Å²) in [4.78, 5) is 24.1. The lowest BCUT2D eigenvalue weighted by atomic mass is 10.2. The van der Waals surface area contributed by atoms with Gasteiger partial charge < -0.3 is 19.6 Å². The van der Waals surface area contributed by atoms with Crippen molar-refractivity contribution in [3.05, 3.63) is 59.2 Å². The summed E-state index contributed by atoms with van der Waals surface area (Å²) in [6, 6.07) is 12.6. The van der Waals surface area contributed by atoms with E-state index in [1.165, 1.54) is 11.8 Å². The molecule has 0 bridgehead atoms. The number of H-pyrrole nitrogens is 1. The van der Waals surface area contributed by atoms with Crippen LogP contribution in [0.25, 0.3) is 11.0 Å². The number of rotatable bonds is 8. The van der Waals surface area contributed by atoms with E-state index in [9.17, 15) is 4.79 Å². The fourth-order valence-electron chi connectivity index (χ4n) is 2.73. The number of imidazole rings is 1. The van der Waals surface area contributed by atoms with Crippen molar-refractivity contribution in [2.24, 2.45) is 0 Å². The molecule has 0 spiro atoms. The average molecular weight is 444 g/mol. The van der Waals surface area contributed by atoms with E-state index in [1.54, 1.807) is 37.4 Å². The largest absolute Gasteiger partial charge is 0.497 e. The monoisotopic (exact) mass is 443 g/mol. The van der Waals surface area contributed by atoms with Crippen LogP contribution in [0.5, 0.6) is 5.75 Å². The number of thioether (sulfide) groups is 1. The van der Waals surface area contributed by atoms with Crippen molar-refractivity contribution in [3.63, 3.8) is 0 Å². The fourth-order valence-corrected chi connectivity index (χ4v) is 3.63. The molecule has 2 N–H and O–H groups in total. The van der Waals surface area contributed by atoms with Crippen LogP contribution in [0, 0.1) is 0 Å². The van der Waals surface area contributed by atoms with E-state index in [0.29, 0.717) is 34.6 Å². The van der Waals surface area contributed by atoms with Crippen molar-refractivity contribution in [1.29, 1.82) is 0 Å². The predicted octanol–water partition coefficient (Wildman–Crippen LogP) is 4.47. The van der Waals surface area contributed by atoms with Gasteiger partial charge in [0.25, 0.3) is 0 Å². The van der Waals surface area contributed by atoms with E-state index < -0.39 is 0 Å². The number of fused-ring (bicyclic) bond motifs is 1. The molecule has 154 valence electrons. The van der Waals surface area contributed by atoms with Crippen LogP contribution in [-0.2, 0) is 17.0 Å². The summed E-state index contributed by atoms with van der Waals surface area (Å²) in [6.07, 6.45) is 0.605. The maximum atomic E-state index is 12.1. The number of carbonyl (C=O) groups excluding carboxylic acids is 1. The molecule has 10 heteroatoms. The molecule has 0 aliphatic heterocycles. The molecular formula is C20H18ClN5O3S. The van der Waals surface area contributed by atoms with Crippen molar-refractivity contribution in [3.8, 4) is 5.75 Å². The van der Waals surface area contributed by atoms with E-state index in [4.69, 9.17) is 20.9 Å². The third-order valence-electron chi connectivity index (χ3n) is 4.21. The predicted molar refractivity (Wildman–Crippen MR) is 115 cm³/mol. The van der Waals surface area contributed by atoms with Crippen molar-refractivity contribution in [2.45, 2.75) is 23.8 Å². The molecule has 8 nitrogen and oxygen atoms in total. The molecule has 0 aliphatic carbocycles. The topological polar surface area (TPSA) is 106 Å². The molecule has 0 atom stereocenters. The van der Waals surface area contributed by atoms with Gasteiger partial charge >= 0.3 is 0 Å². The Labute approximate surface area is 181 Å². The number of hydrogen-bond acceptors (Lipinski definition) is 7. The quantitative estimate of drug-likeness (QED) is 0.387. The molecule has 2 aromatic heterocycles. The Hall–Kier alpha value is -3.04. The minimum Gasteiger partial charge on any atom is -0.497 e. The molecule has 0 unspecified atom stereocenters. The first-order valence-electron chi connectivity index (χ1n) is 9.12. The van der Waals surface area contributed by atoms with Gasteiger partial charge in [-0.1, -0.05) is 28.5 Å². The molecular weight excluding hydrogens is 426 g/mol. The molecule has 0 fully saturated rings. The second kappa shape index (κ2) is 9.19. The second-order valence-corrected chi connectivity index (χ2v) is 7.77. The number of nitrogens with zero attached hydrogens (tertiary/aromatic N) is 3. The minimum atomic E-state index is -0.129. The highest BCUT2D eigenvalue weighted by Crippen LogP contribution is 2.24. The number of benzene rings is 2. The van der Waals surface area contributed by atoms with Gasteiger partial charge in [-0.3, -0.25) is 4.79 Å². The summed E-state index contributed by atoms with van der Waals surface area (Å²) in [7, 11) is 1.59. The summed E-state index contributed by atoms with van der Waals surface area (Å²) < 4.78 is 10.3. The number of amides is 1. The lowest BCUT2D eigenvalue weighted by molar-refractivity contribution is -0.116. The maximum Gasteiger partial charge on any atom is 0.227 e. The molecule has 4 rings (SSSR count). The normalized spacial score (nSPS) is 11.0. The van der Waals surface area contributed by atoms with E-state index in [1.807, 2.05) is 12.1 Å². The molecule has 1 amide bonds. The molecule has 2 heterocycles. The molecule has 0 saturated carbocycles. The Morgan fingerprint density at radius 3 is 2.87 bits per heavy atom. The number of hydrogen-bond donors (Lipinski definition) is 2. The number of halogens is 1. The Bertz CT molecular complexity index is 1160. The zero-order chi connectivity index (χ0) is 20.9. The van der Waals surface area contributed by atoms with E-state index in [-0.39, 0.29) is 12.3 Å². The van der Waals surface area contributed by atoms with Crippen LogP contribution >= 0.6 is 23.4 Å². The van der Waals surface area contributed by atoms with E-state index >= 15 is 0 Å². The lowest BCUT2D eigenvalue weighted by Crippen LogP contribution is -2.12. The molecule has 0 aliphatic rings. The molecule has 30 heavy (non-hydrogen) atoms. The van der Waals surface area contributed by atoms with Gasteiger partial charge in [-0.05, 0) is 42.5 Å². The molecule has 0 radical (unpaired) electrons. The van der Waals surface area contributed by atoms with Crippen LogP contribution in [-0.4, -0.2) is 33.1 Å². The number of aromatic nitrogens is 4. The minimum absolute atomic E-state index is 0.129. The standard InChI is InChI=1S/C20H18ClN5O3S/c1-28-14-5-3-13(4-6-14)22-18(27)8-9-19-25-17(26-29-19)11-30-20-23-15-7-2-12(21)10-16(15)24-20/h2-7,10H,8-9,11H2,1H3,(H,22,27)(H,23,24). The maximum absolute atomic E-state index is 12.1. The first kappa shape index (κ1) is 20.2. The van der Waals surface area contributed by atoms with Crippen LogP contribution in [0.1, 0.15) is 18.1 Å². The van der Waals surface area contributed by atoms with Gasteiger partial charge in [0, 0.05) is 23.6 Å². The number of aryl methyl sites for hydroxylation is 1. The number of methoxy groups -OCH3 is 1. The van der Waals surface area contributed by atoms with Crippen LogP contribution in [0.4, 0.5) is 5.69 Å². The second-order valence-electron chi connectivity index (χ2n) is 6.37. The highest BCUT2D eigenvalue weighted by atomic mass is 35.5. The zero-order valence-corrected chi connectivity index (χ0v) is 17.6. The zero-order valence-electron chi connectivity index (χ0n) is 16.0. The number of ether oxygens (including phenoxy) is 1. The number of nitrogens with one attached hydrogen (secondary N) is 2. The Morgan fingerprint density at radius 2 is 2.07 bits per heavy atom. The van der Waals surface area contributed by atoms with E-state index in [0.717, 1.165) is 21.9 Å². The van der Waals surface area contributed by atoms with Crippen LogP contribution in [0.3, 0.4) is 0 Å². The van der Waals surface area contributed by atoms with Crippen molar-refractivity contribution >= 4 is 46.0 Å². The van der Waals surface area contributed by atoms with Gasteiger partial charge in [0.1, 0.15) is 5.75 Å². The fraction of sp³-hybridized carbons (Fsp3) is 0.200. The Morgan fingerprint density at radius 1 is 1.23 bits per heavy atom. The van der Waals surface area contributed by atoms with Crippen molar-refractivity contribution in [1.82, 2.24) is 20.1 Å². The Balaban J connectivity index is 1.26. The summed E-state index contributed by atoms with van der Waals surface area (Å²) in [6.45, 7) is 0. The molecule has 2 aromatic carbocycles. The van der Waals surface area contributed by atoms with Crippen molar-refractivity contribution in [2.75, 3.05) is 12.4 Å². The van der Waals surface area contributed by atoms with Gasteiger partial charge in [-0.2, -0.15) is 4.98 Å². The van der Waals surface area contributed by atoms with E-state index in [2.05, 4.69) is 25.4 Å². The highest BCUT2D eigenvalue weighted by Gasteiger charge is 2.11. The van der Waals surface area contributed by atoms with Crippen LogP contribution in [0.2, 0.25) is 5.02 Å². The van der Waals surface area contributed by atoms with Gasteiger partial charge in [-0.15, -0.1) is 0 Å². The van der Waals surface area contributed by atoms with Crippen LogP contribution in [0.15, 0.2) is 52.1 Å². The van der Waals surface area contributed by atoms with Gasteiger partial charge in [0.05, 0.1) is 23.9 Å². The summed E-state index contributed by atoms with van der Waals surface area (Å²) in [5.41, 5.74) is 2.43. The number of aromatic amines is 1. The molecule has 4 aromatic rings. The third-order valence-corrected chi connectivity index (χ3v) is 5.31. The molecule has 0 saturated heterocycles. The lowest BCUT2D eigenvalue weighted by Gasteiger charge is -2.05. The van der Waals surface area contributed by atoms with Crippen LogP contribution < -0.4 is 10.1 Å². The highest BCUT2D eigenvalue weighted by molar-refractivity contribution is 7.98. The van der Waals surface area contributed by atoms with Gasteiger partial charge in [0.2, 0.25) is 11.8 Å². The first-order valence-corrected chi connectivity index (χ1v) is 10.5. The smallest absolute Gasteiger partial charge is 0.227 e. The van der Waals surface area contributed by atoms with Gasteiger partial charge in [-0.25, -0.2) is 4.98 Å². The third kappa shape index (κ3) is 5.11. The SMILES string of the molecule is COc1ccc(NC(=O)CCc2nc(CSc3nc4ccc(Cl)cc4[nH]3)no2)cc1. The summed E-state index contributed by atoms with van der Waals surface area (Å²) >= 11 is 7.46. The Kier molecular flexibility index (Phi) is 6.20. The average Bonchev–Trinajstić information content (AvgIpc) is 3.37. The first-order chi connectivity index (χ1) is 14.6. The number of carbonyl (C=O) groups is 1.